The van der Waals surface area contributed by atoms with E-state index in [0.717, 1.165) is 11.1 Å². The van der Waals surface area contributed by atoms with Crippen LogP contribution in [-0.2, 0) is 36.1 Å². The topological polar surface area (TPSA) is 196 Å². The second kappa shape index (κ2) is 13.7. The molecule has 6 rings (SSSR count). The van der Waals surface area contributed by atoms with E-state index in [1.54, 1.807) is 60.7 Å². The summed E-state index contributed by atoms with van der Waals surface area (Å²) in [5, 5.41) is 16.4. The maximum Gasteiger partial charge on any atom is 0.490 e. The Bertz CT molecular complexity index is 2210. The number of benzene rings is 4. The van der Waals surface area contributed by atoms with Crippen LogP contribution >= 0.6 is 0 Å². The van der Waals surface area contributed by atoms with Crippen LogP contribution in [-0.4, -0.2) is 55.1 Å². The molecule has 5 aromatic rings. The Hall–Kier alpha value is -5.26. The largest absolute Gasteiger partial charge is 0.506 e. The zero-order valence-corrected chi connectivity index (χ0v) is 26.7. The van der Waals surface area contributed by atoms with Crippen molar-refractivity contribution in [2.75, 3.05) is 0 Å². The second-order valence-corrected chi connectivity index (χ2v) is 14.4. The van der Waals surface area contributed by atoms with Crippen molar-refractivity contribution in [2.45, 2.75) is 35.2 Å². The first-order valence-electron chi connectivity index (χ1n) is 14.3. The number of rotatable bonds is 8. The summed E-state index contributed by atoms with van der Waals surface area (Å²) in [5.41, 5.74) is 3.85. The van der Waals surface area contributed by atoms with Gasteiger partial charge < -0.3 is 15.2 Å². The Morgan fingerprint density at radius 3 is 2.10 bits per heavy atom. The van der Waals surface area contributed by atoms with Gasteiger partial charge >= 0.3 is 12.1 Å². The third-order valence-electron chi connectivity index (χ3n) is 7.44. The van der Waals surface area contributed by atoms with Gasteiger partial charge in [-0.05, 0) is 52.9 Å². The van der Waals surface area contributed by atoms with Gasteiger partial charge in [-0.1, -0.05) is 72.8 Å². The smallest absolute Gasteiger partial charge is 0.490 e. The minimum atomic E-state index is -5.08. The number of phenols is 1. The number of nitrogens with one attached hydrogen (secondary N) is 3. The first-order valence-corrected chi connectivity index (χ1v) is 17.4. The van der Waals surface area contributed by atoms with Crippen molar-refractivity contribution in [3.63, 3.8) is 0 Å². The lowest BCUT2D eigenvalue weighted by Crippen LogP contribution is -2.31. The molecule has 1 aliphatic rings. The fraction of sp³-hybridized carbons (Fsp3) is 0.156. The summed E-state index contributed by atoms with van der Waals surface area (Å²) in [6, 6.07) is 26.8. The molecule has 1 amide bonds. The number of hydrogen-bond acceptors (Lipinski definition) is 8. The number of aromatic amines is 1. The number of carbonyl (C=O) groups excluding carboxylic acids is 1. The average Bonchev–Trinajstić information content (AvgIpc) is 3.61. The summed E-state index contributed by atoms with van der Waals surface area (Å²) < 4.78 is 88.2. The van der Waals surface area contributed by atoms with Crippen LogP contribution < -0.4 is 9.44 Å². The van der Waals surface area contributed by atoms with Crippen molar-refractivity contribution in [3.05, 3.63) is 114 Å². The lowest BCUT2D eigenvalue weighted by atomic mass is 10.0. The van der Waals surface area contributed by atoms with E-state index in [1.807, 2.05) is 35.1 Å². The molecular weight excluding hydrogens is 690 g/mol. The highest BCUT2D eigenvalue weighted by Gasteiger charge is 2.39. The number of aromatic nitrogens is 2. The second-order valence-electron chi connectivity index (χ2n) is 10.9. The standard InChI is InChI=1S/C30H26N4O6S2.C2HF3O2/c35-26-8-4-7-24-29(26)32-30(31-24)25(17-19-9-11-22(12-10-19)27-18-28(36)34-42(27,39)40)33-41(37,38)23-15-13-21(14-16-23)20-5-2-1-3-6-20;3-2(4,5)1(6)7/h1-16,25,27,33,35H,17-18H2,(H,31,32)(H,34,36);(H,6,7)/t25-,27?;/m0./s1. The van der Waals surface area contributed by atoms with Crippen molar-refractivity contribution >= 4 is 43.0 Å². The van der Waals surface area contributed by atoms with E-state index >= 15 is 0 Å². The van der Waals surface area contributed by atoms with Gasteiger partial charge in [0.25, 0.3) is 0 Å². The number of aromatic hydroxyl groups is 1. The number of sulfonamides is 2. The van der Waals surface area contributed by atoms with Crippen LogP contribution in [0.25, 0.3) is 22.2 Å². The number of phenolic OH excluding ortho intramolecular Hbond substituents is 1. The van der Waals surface area contributed by atoms with Crippen LogP contribution in [0.15, 0.2) is 102 Å². The maximum absolute atomic E-state index is 13.6. The molecule has 1 fully saturated rings. The monoisotopic (exact) mass is 716 g/mol. The van der Waals surface area contributed by atoms with Crippen LogP contribution in [0.2, 0.25) is 0 Å². The average molecular weight is 717 g/mol. The van der Waals surface area contributed by atoms with E-state index in [-0.39, 0.29) is 23.5 Å². The Labute approximate surface area is 277 Å². The van der Waals surface area contributed by atoms with Gasteiger partial charge in [0.2, 0.25) is 26.0 Å². The Balaban J connectivity index is 0.000000606. The SMILES string of the molecule is O=C(O)C(F)(F)F.O=C1CC(c2ccc(C[C@H](NS(=O)(=O)c3ccc(-c4ccccc4)cc3)c3nc4c(O)cccc4[nH]3)cc2)S(=O)(=O)N1. The number of nitrogens with zero attached hydrogens (tertiary/aromatic N) is 1. The Morgan fingerprint density at radius 1 is 0.939 bits per heavy atom. The Morgan fingerprint density at radius 2 is 1.55 bits per heavy atom. The fourth-order valence-electron chi connectivity index (χ4n) is 5.06. The van der Waals surface area contributed by atoms with Gasteiger partial charge in [-0.15, -0.1) is 0 Å². The molecule has 17 heteroatoms. The zero-order valence-electron chi connectivity index (χ0n) is 25.0. The number of carbonyl (C=O) groups is 2. The minimum Gasteiger partial charge on any atom is -0.506 e. The number of para-hydroxylation sites is 1. The number of carboxylic acids is 1. The molecule has 12 nitrogen and oxygen atoms in total. The van der Waals surface area contributed by atoms with Crippen molar-refractivity contribution in [1.29, 1.82) is 0 Å². The fourth-order valence-corrected chi connectivity index (χ4v) is 7.69. The molecule has 1 unspecified atom stereocenters. The molecule has 5 N–H and O–H groups in total. The Kier molecular flexibility index (Phi) is 9.80. The predicted octanol–water partition coefficient (Wildman–Crippen LogP) is 4.72. The maximum atomic E-state index is 13.6. The van der Waals surface area contributed by atoms with Gasteiger partial charge in [-0.2, -0.15) is 13.2 Å². The van der Waals surface area contributed by atoms with Gasteiger partial charge in [0.15, 0.2) is 0 Å². The number of amides is 1. The summed E-state index contributed by atoms with van der Waals surface area (Å²) in [5.74, 6) is -3.05. The van der Waals surface area contributed by atoms with Crippen molar-refractivity contribution in [1.82, 2.24) is 19.4 Å². The molecule has 1 aliphatic heterocycles. The summed E-state index contributed by atoms with van der Waals surface area (Å²) in [4.78, 5) is 28.2. The molecule has 2 atom stereocenters. The van der Waals surface area contributed by atoms with E-state index < -0.39 is 49.4 Å². The van der Waals surface area contributed by atoms with Gasteiger partial charge in [-0.3, -0.25) is 9.52 Å². The van der Waals surface area contributed by atoms with Crippen LogP contribution in [0, 0.1) is 0 Å². The molecule has 49 heavy (non-hydrogen) atoms. The molecule has 256 valence electrons. The quantitative estimate of drug-likeness (QED) is 0.151. The lowest BCUT2D eigenvalue weighted by Gasteiger charge is -2.18. The highest BCUT2D eigenvalue weighted by Crippen LogP contribution is 2.32. The van der Waals surface area contributed by atoms with Crippen LogP contribution in [0.4, 0.5) is 13.2 Å². The van der Waals surface area contributed by atoms with Crippen molar-refractivity contribution in [3.8, 4) is 16.9 Å². The molecule has 2 heterocycles. The zero-order chi connectivity index (χ0) is 35.6. The molecule has 0 spiro atoms. The molecule has 1 saturated heterocycles. The number of halogens is 3. The van der Waals surface area contributed by atoms with Crippen molar-refractivity contribution < 1.29 is 49.8 Å². The number of aliphatic carboxylic acids is 1. The van der Waals surface area contributed by atoms with E-state index in [9.17, 15) is 39.9 Å². The molecule has 4 aromatic carbocycles. The normalized spacial score (nSPS) is 16.4. The summed E-state index contributed by atoms with van der Waals surface area (Å²) in [6.45, 7) is 0. The van der Waals surface area contributed by atoms with Gasteiger partial charge in [-0.25, -0.2) is 31.3 Å². The van der Waals surface area contributed by atoms with Gasteiger partial charge in [0.05, 0.1) is 22.9 Å². The number of fused-ring (bicyclic) bond motifs is 1. The number of carboxylic acid groups (broad SMARTS) is 1. The van der Waals surface area contributed by atoms with E-state index in [1.165, 1.54) is 6.07 Å². The highest BCUT2D eigenvalue weighted by atomic mass is 32.2. The molecule has 0 saturated carbocycles. The molecule has 1 aromatic heterocycles. The first-order chi connectivity index (χ1) is 23.0. The molecule has 0 radical (unpaired) electrons. The van der Waals surface area contributed by atoms with Crippen LogP contribution in [0.5, 0.6) is 5.75 Å². The van der Waals surface area contributed by atoms with Crippen molar-refractivity contribution in [2.24, 2.45) is 0 Å². The summed E-state index contributed by atoms with van der Waals surface area (Å²) in [6.07, 6.45) is -5.08. The summed E-state index contributed by atoms with van der Waals surface area (Å²) >= 11 is 0. The number of alkyl halides is 3. The first kappa shape index (κ1) is 35.1. The molecule has 0 bridgehead atoms. The van der Waals surface area contributed by atoms with E-state index in [2.05, 4.69) is 14.7 Å². The van der Waals surface area contributed by atoms with Gasteiger partial charge in [0.1, 0.15) is 22.3 Å². The number of H-pyrrole nitrogens is 1. The third-order valence-corrected chi connectivity index (χ3v) is 10.6. The number of hydrogen-bond donors (Lipinski definition) is 5. The van der Waals surface area contributed by atoms with Gasteiger partial charge in [0, 0.05) is 0 Å². The summed E-state index contributed by atoms with van der Waals surface area (Å²) in [7, 11) is -7.81. The number of imidazole rings is 1. The minimum absolute atomic E-state index is 0.0432. The van der Waals surface area contributed by atoms with Crippen LogP contribution in [0.1, 0.15) is 34.7 Å². The predicted molar refractivity (Wildman–Crippen MR) is 171 cm³/mol. The lowest BCUT2D eigenvalue weighted by molar-refractivity contribution is -0.192. The van der Waals surface area contributed by atoms with E-state index in [0.29, 0.717) is 28.0 Å². The molecular formula is C32H27F3N4O8S2. The third kappa shape index (κ3) is 8.25. The van der Waals surface area contributed by atoms with Crippen LogP contribution in [0.3, 0.4) is 0 Å². The highest BCUT2D eigenvalue weighted by molar-refractivity contribution is 7.90. The molecule has 0 aliphatic carbocycles. The van der Waals surface area contributed by atoms with E-state index in [4.69, 9.17) is 9.90 Å².